The second-order valence-corrected chi connectivity index (χ2v) is 5.20. The molecule has 0 heterocycles. The summed E-state index contributed by atoms with van der Waals surface area (Å²) < 4.78 is 0. The molecule has 0 aliphatic heterocycles. The van der Waals surface area contributed by atoms with Crippen molar-refractivity contribution in [3.05, 3.63) is 57.1 Å². The van der Waals surface area contributed by atoms with E-state index in [9.17, 15) is 5.11 Å². The Kier molecular flexibility index (Phi) is 4.13. The lowest BCUT2D eigenvalue weighted by Gasteiger charge is -2.03. The lowest BCUT2D eigenvalue weighted by molar-refractivity contribution is 0.476. The summed E-state index contributed by atoms with van der Waals surface area (Å²) in [4.78, 5) is 4.42. The molecule has 0 amide bonds. The topological polar surface area (TPSA) is 32.6 Å². The number of phenols is 1. The maximum absolute atomic E-state index is 9.49. The van der Waals surface area contributed by atoms with Crippen LogP contribution in [-0.2, 0) is 0 Å². The molecule has 0 saturated carbocycles. The number of hydrogen-bond acceptors (Lipinski definition) is 2. The van der Waals surface area contributed by atoms with Crippen LogP contribution >= 0.6 is 23.2 Å². The van der Waals surface area contributed by atoms with Crippen molar-refractivity contribution < 1.29 is 5.11 Å². The lowest BCUT2D eigenvalue weighted by Crippen LogP contribution is -1.84. The Labute approximate surface area is 122 Å². The highest BCUT2D eigenvalue weighted by molar-refractivity contribution is 6.37. The van der Waals surface area contributed by atoms with Gasteiger partial charge in [-0.25, -0.2) is 0 Å². The highest BCUT2D eigenvalue weighted by Gasteiger charge is 2.05. The molecular weight excluding hydrogens is 281 g/mol. The Hall–Kier alpha value is -1.51. The number of hydrogen-bond donors (Lipinski definition) is 1. The van der Waals surface area contributed by atoms with Crippen LogP contribution in [-0.4, -0.2) is 11.3 Å². The molecule has 0 radical (unpaired) electrons. The van der Waals surface area contributed by atoms with Gasteiger partial charge < -0.3 is 5.11 Å². The lowest BCUT2D eigenvalue weighted by atomic mass is 10.1. The van der Waals surface area contributed by atoms with Crippen LogP contribution in [0.1, 0.15) is 16.7 Å². The van der Waals surface area contributed by atoms with Crippen LogP contribution in [0.15, 0.2) is 35.3 Å². The molecule has 2 aromatic carbocycles. The van der Waals surface area contributed by atoms with Crippen molar-refractivity contribution in [3.63, 3.8) is 0 Å². The Bertz CT molecular complexity index is 628. The quantitative estimate of drug-likeness (QED) is 0.771. The van der Waals surface area contributed by atoms with Gasteiger partial charge in [-0.2, -0.15) is 0 Å². The van der Waals surface area contributed by atoms with Crippen molar-refractivity contribution in [2.45, 2.75) is 13.8 Å². The van der Waals surface area contributed by atoms with Crippen LogP contribution in [0.4, 0.5) is 5.69 Å². The second kappa shape index (κ2) is 5.64. The van der Waals surface area contributed by atoms with Crippen molar-refractivity contribution >= 4 is 35.1 Å². The van der Waals surface area contributed by atoms with Crippen LogP contribution in [0.3, 0.4) is 0 Å². The number of halogens is 2. The summed E-state index contributed by atoms with van der Waals surface area (Å²) in [6.07, 6.45) is 1.68. The molecule has 2 nitrogen and oxygen atoms in total. The Morgan fingerprint density at radius 1 is 1.05 bits per heavy atom. The molecule has 0 aromatic heterocycles. The van der Waals surface area contributed by atoms with E-state index in [-0.39, 0.29) is 15.8 Å². The minimum Gasteiger partial charge on any atom is -0.505 e. The smallest absolute Gasteiger partial charge is 0.152 e. The van der Waals surface area contributed by atoms with Gasteiger partial charge in [0.25, 0.3) is 0 Å². The molecule has 0 spiro atoms. The van der Waals surface area contributed by atoms with E-state index >= 15 is 0 Å². The fourth-order valence-corrected chi connectivity index (χ4v) is 2.17. The van der Waals surface area contributed by atoms with Crippen molar-refractivity contribution in [1.29, 1.82) is 0 Å². The molecule has 98 valence electrons. The summed E-state index contributed by atoms with van der Waals surface area (Å²) in [6.45, 7) is 4.02. The zero-order valence-electron chi connectivity index (χ0n) is 10.6. The predicted octanol–water partition coefficient (Wildman–Crippen LogP) is 5.07. The molecule has 19 heavy (non-hydrogen) atoms. The van der Waals surface area contributed by atoms with Crippen LogP contribution in [0.5, 0.6) is 5.75 Å². The van der Waals surface area contributed by atoms with Crippen LogP contribution in [0.25, 0.3) is 0 Å². The maximum Gasteiger partial charge on any atom is 0.152 e. The van der Waals surface area contributed by atoms with Gasteiger partial charge in [-0.1, -0.05) is 35.3 Å². The first-order valence-electron chi connectivity index (χ1n) is 5.76. The standard InChI is InChI=1S/C15H13Cl2NO/c1-9-3-4-10(2)14(5-9)18-8-11-6-12(16)15(19)13(17)7-11/h3-8,19H,1-2H3. The number of aromatic hydroxyl groups is 1. The number of benzene rings is 2. The zero-order valence-corrected chi connectivity index (χ0v) is 12.1. The van der Waals surface area contributed by atoms with Crippen molar-refractivity contribution in [2.75, 3.05) is 0 Å². The van der Waals surface area contributed by atoms with Gasteiger partial charge in [0.1, 0.15) is 0 Å². The van der Waals surface area contributed by atoms with E-state index < -0.39 is 0 Å². The molecule has 1 N–H and O–H groups in total. The Balaban J connectivity index is 2.35. The van der Waals surface area contributed by atoms with Crippen molar-refractivity contribution in [2.24, 2.45) is 4.99 Å². The SMILES string of the molecule is Cc1ccc(C)c(N=Cc2cc(Cl)c(O)c(Cl)c2)c1. The van der Waals surface area contributed by atoms with Gasteiger partial charge in [-0.15, -0.1) is 0 Å². The first kappa shape index (κ1) is 13.9. The molecule has 0 fully saturated rings. The monoisotopic (exact) mass is 293 g/mol. The largest absolute Gasteiger partial charge is 0.505 e. The van der Waals surface area contributed by atoms with Gasteiger partial charge in [0, 0.05) is 6.21 Å². The van der Waals surface area contributed by atoms with Gasteiger partial charge in [-0.3, -0.25) is 4.99 Å². The number of aliphatic imine (C=N–C) groups is 1. The summed E-state index contributed by atoms with van der Waals surface area (Å²) in [7, 11) is 0. The number of nitrogens with zero attached hydrogens (tertiary/aromatic N) is 1. The third-order valence-electron chi connectivity index (χ3n) is 2.76. The maximum atomic E-state index is 9.49. The minimum atomic E-state index is -0.104. The van der Waals surface area contributed by atoms with Gasteiger partial charge in [0.05, 0.1) is 15.7 Å². The summed E-state index contributed by atoms with van der Waals surface area (Å²) in [5, 5.41) is 9.92. The predicted molar refractivity (Wildman–Crippen MR) is 81.3 cm³/mol. The molecule has 0 saturated heterocycles. The highest BCUT2D eigenvalue weighted by Crippen LogP contribution is 2.32. The summed E-state index contributed by atoms with van der Waals surface area (Å²) in [6, 6.07) is 9.33. The third kappa shape index (κ3) is 3.28. The minimum absolute atomic E-state index is 0.104. The van der Waals surface area contributed by atoms with E-state index in [1.807, 2.05) is 32.0 Å². The molecule has 0 aliphatic carbocycles. The van der Waals surface area contributed by atoms with E-state index in [1.54, 1.807) is 18.3 Å². The van der Waals surface area contributed by atoms with Crippen molar-refractivity contribution in [1.82, 2.24) is 0 Å². The van der Waals surface area contributed by atoms with Crippen molar-refractivity contribution in [3.8, 4) is 5.75 Å². The molecule has 0 bridgehead atoms. The van der Waals surface area contributed by atoms with Gasteiger partial charge >= 0.3 is 0 Å². The van der Waals surface area contributed by atoms with Gasteiger partial charge in [0.2, 0.25) is 0 Å². The molecule has 0 unspecified atom stereocenters. The van der Waals surface area contributed by atoms with E-state index in [1.165, 1.54) is 0 Å². The second-order valence-electron chi connectivity index (χ2n) is 4.38. The third-order valence-corrected chi connectivity index (χ3v) is 3.33. The number of aryl methyl sites for hydroxylation is 2. The molecule has 2 rings (SSSR count). The fraction of sp³-hybridized carbons (Fsp3) is 0.133. The molecule has 2 aromatic rings. The number of rotatable bonds is 2. The highest BCUT2D eigenvalue weighted by atomic mass is 35.5. The fourth-order valence-electron chi connectivity index (χ4n) is 1.66. The average Bonchev–Trinajstić information content (AvgIpc) is 2.37. The van der Waals surface area contributed by atoms with Crippen LogP contribution in [0, 0.1) is 13.8 Å². The van der Waals surface area contributed by atoms with Crippen LogP contribution < -0.4 is 0 Å². The van der Waals surface area contributed by atoms with Crippen LogP contribution in [0.2, 0.25) is 10.0 Å². The van der Waals surface area contributed by atoms with Gasteiger partial charge in [-0.05, 0) is 48.7 Å². The number of phenolic OH excluding ortho intramolecular Hbond substituents is 1. The van der Waals surface area contributed by atoms with E-state index in [4.69, 9.17) is 23.2 Å². The first-order chi connectivity index (χ1) is 8.97. The summed E-state index contributed by atoms with van der Waals surface area (Å²) >= 11 is 11.7. The van der Waals surface area contributed by atoms with Gasteiger partial charge in [0.15, 0.2) is 5.75 Å². The first-order valence-corrected chi connectivity index (χ1v) is 6.52. The normalized spacial score (nSPS) is 11.2. The molecular formula is C15H13Cl2NO. The molecule has 0 atom stereocenters. The van der Waals surface area contributed by atoms with E-state index in [0.29, 0.717) is 0 Å². The molecule has 4 heteroatoms. The summed E-state index contributed by atoms with van der Waals surface area (Å²) in [5.74, 6) is -0.104. The zero-order chi connectivity index (χ0) is 14.0. The van der Waals surface area contributed by atoms with E-state index in [0.717, 1.165) is 22.4 Å². The summed E-state index contributed by atoms with van der Waals surface area (Å²) in [5.41, 5.74) is 3.89. The Morgan fingerprint density at radius 3 is 2.32 bits per heavy atom. The molecule has 0 aliphatic rings. The van der Waals surface area contributed by atoms with E-state index in [2.05, 4.69) is 4.99 Å². The average molecular weight is 294 g/mol. The Morgan fingerprint density at radius 2 is 1.68 bits per heavy atom.